The van der Waals surface area contributed by atoms with E-state index in [0.717, 1.165) is 25.2 Å². The molecule has 0 aromatic carbocycles. The number of aliphatic hydroxyl groups is 1. The summed E-state index contributed by atoms with van der Waals surface area (Å²) in [6.45, 7) is 0. The zero-order chi connectivity index (χ0) is 9.05. The average molecular weight is 199 g/mol. The van der Waals surface area contributed by atoms with Crippen molar-refractivity contribution in [1.29, 1.82) is 0 Å². The van der Waals surface area contributed by atoms with Crippen LogP contribution in [-0.4, -0.2) is 16.6 Å². The van der Waals surface area contributed by atoms with Gasteiger partial charge in [0, 0.05) is 11.3 Å². The van der Waals surface area contributed by atoms with Gasteiger partial charge in [-0.2, -0.15) is 0 Å². The Labute approximate surface area is 83.8 Å². The van der Waals surface area contributed by atoms with Gasteiger partial charge in [-0.05, 0) is 37.0 Å². The summed E-state index contributed by atoms with van der Waals surface area (Å²) in [5.74, 6) is 1.08. The van der Waals surface area contributed by atoms with E-state index >= 15 is 0 Å². The van der Waals surface area contributed by atoms with Gasteiger partial charge in [0.25, 0.3) is 0 Å². The monoisotopic (exact) mass is 198 g/mol. The van der Waals surface area contributed by atoms with Crippen molar-refractivity contribution in [2.75, 3.05) is 0 Å². The molecule has 0 amide bonds. The zero-order valence-corrected chi connectivity index (χ0v) is 8.37. The first-order valence-electron chi connectivity index (χ1n) is 5.24. The molecule has 2 fully saturated rings. The first kappa shape index (κ1) is 8.31. The second kappa shape index (κ2) is 2.52. The maximum Gasteiger partial charge on any atom is 0.0591 e. The molecule has 3 aliphatic carbocycles. The molecule has 1 nitrogen and oxygen atoms in total. The van der Waals surface area contributed by atoms with Crippen molar-refractivity contribution in [2.45, 2.75) is 37.2 Å². The van der Waals surface area contributed by atoms with Gasteiger partial charge in [0.2, 0.25) is 0 Å². The van der Waals surface area contributed by atoms with E-state index in [9.17, 15) is 5.11 Å². The van der Waals surface area contributed by atoms with Gasteiger partial charge in [-0.3, -0.25) is 0 Å². The average Bonchev–Trinajstić information content (AvgIpc) is 2.65. The van der Waals surface area contributed by atoms with Crippen LogP contribution in [0.5, 0.6) is 0 Å². The fourth-order valence-electron chi connectivity index (χ4n) is 3.89. The Hall–Kier alpha value is -0.0100. The van der Waals surface area contributed by atoms with Crippen molar-refractivity contribution >= 4 is 11.6 Å². The summed E-state index contributed by atoms with van der Waals surface area (Å²) in [7, 11) is 0. The summed E-state index contributed by atoms with van der Waals surface area (Å²) in [5, 5.41) is 10.1. The van der Waals surface area contributed by atoms with Gasteiger partial charge >= 0.3 is 0 Å². The number of halogens is 1. The van der Waals surface area contributed by atoms with Crippen molar-refractivity contribution < 1.29 is 5.11 Å². The number of allylic oxidation sites excluding steroid dienone is 2. The number of hydrogen-bond donors (Lipinski definition) is 1. The molecule has 13 heavy (non-hydrogen) atoms. The molecule has 3 rings (SSSR count). The van der Waals surface area contributed by atoms with Gasteiger partial charge in [-0.15, -0.1) is 11.6 Å². The Balaban J connectivity index is 2.03. The standard InChI is InChI=1S/C11H15ClO/c12-8-6-7-2-1-4-11(7)5-3-9(13)10(8)11/h1,4,7-10,13H,2-3,5-6H2/t7-,8-,9+,10+,11+/m1/s1. The van der Waals surface area contributed by atoms with Crippen LogP contribution in [0.3, 0.4) is 0 Å². The smallest absolute Gasteiger partial charge is 0.0591 e. The highest BCUT2D eigenvalue weighted by Crippen LogP contribution is 2.63. The van der Waals surface area contributed by atoms with E-state index in [-0.39, 0.29) is 11.5 Å². The quantitative estimate of drug-likeness (QED) is 0.468. The minimum absolute atomic E-state index is 0.143. The fraction of sp³-hybridized carbons (Fsp3) is 0.818. The predicted octanol–water partition coefficient (Wildman–Crippen LogP) is 2.33. The fourth-order valence-corrected chi connectivity index (χ4v) is 4.51. The molecule has 2 heteroatoms. The Kier molecular flexibility index (Phi) is 1.61. The van der Waals surface area contributed by atoms with E-state index in [4.69, 9.17) is 11.6 Å². The van der Waals surface area contributed by atoms with Crippen molar-refractivity contribution in [3.05, 3.63) is 12.2 Å². The van der Waals surface area contributed by atoms with Crippen molar-refractivity contribution in [1.82, 2.24) is 0 Å². The third-order valence-electron chi connectivity index (χ3n) is 4.42. The lowest BCUT2D eigenvalue weighted by atomic mass is 9.76. The third kappa shape index (κ3) is 0.875. The lowest BCUT2D eigenvalue weighted by molar-refractivity contribution is 0.108. The van der Waals surface area contributed by atoms with E-state index < -0.39 is 0 Å². The molecule has 3 aliphatic rings. The van der Waals surface area contributed by atoms with Gasteiger partial charge in [0.15, 0.2) is 0 Å². The van der Waals surface area contributed by atoms with Gasteiger partial charge in [0.05, 0.1) is 6.10 Å². The molecule has 5 atom stereocenters. The third-order valence-corrected chi connectivity index (χ3v) is 4.87. The first-order chi connectivity index (χ1) is 6.24. The lowest BCUT2D eigenvalue weighted by Gasteiger charge is -2.29. The van der Waals surface area contributed by atoms with Crippen LogP contribution >= 0.6 is 11.6 Å². The highest BCUT2D eigenvalue weighted by Gasteiger charge is 2.59. The highest BCUT2D eigenvalue weighted by molar-refractivity contribution is 6.21. The van der Waals surface area contributed by atoms with Crippen LogP contribution in [0, 0.1) is 17.3 Å². The summed E-state index contributed by atoms with van der Waals surface area (Å²) in [6, 6.07) is 0. The summed E-state index contributed by atoms with van der Waals surface area (Å²) >= 11 is 6.31. The van der Waals surface area contributed by atoms with E-state index in [1.165, 1.54) is 6.42 Å². The predicted molar refractivity (Wildman–Crippen MR) is 52.7 cm³/mol. The molecule has 0 heterocycles. The van der Waals surface area contributed by atoms with Crippen LogP contribution in [-0.2, 0) is 0 Å². The molecule has 2 saturated carbocycles. The van der Waals surface area contributed by atoms with Gasteiger partial charge in [0.1, 0.15) is 0 Å². The Morgan fingerprint density at radius 2 is 2.31 bits per heavy atom. The molecule has 0 bridgehead atoms. The summed E-state index contributed by atoms with van der Waals surface area (Å²) in [5.41, 5.74) is 0.297. The molecule has 72 valence electrons. The Bertz CT molecular complexity index is 263. The van der Waals surface area contributed by atoms with Crippen LogP contribution in [0.1, 0.15) is 25.7 Å². The molecule has 0 aromatic heterocycles. The second-order valence-electron chi connectivity index (χ2n) is 4.83. The van der Waals surface area contributed by atoms with Crippen molar-refractivity contribution in [3.63, 3.8) is 0 Å². The largest absolute Gasteiger partial charge is 0.393 e. The summed E-state index contributed by atoms with van der Waals surface area (Å²) in [4.78, 5) is 0. The molecule has 1 N–H and O–H groups in total. The topological polar surface area (TPSA) is 20.2 Å². The van der Waals surface area contributed by atoms with E-state index in [0.29, 0.717) is 11.3 Å². The van der Waals surface area contributed by atoms with Crippen LogP contribution in [0.2, 0.25) is 0 Å². The van der Waals surface area contributed by atoms with Crippen LogP contribution < -0.4 is 0 Å². The first-order valence-corrected chi connectivity index (χ1v) is 5.67. The minimum atomic E-state index is -0.143. The number of alkyl halides is 1. The van der Waals surface area contributed by atoms with E-state index in [1.54, 1.807) is 0 Å². The Morgan fingerprint density at radius 3 is 3.15 bits per heavy atom. The summed E-state index contributed by atoms with van der Waals surface area (Å²) < 4.78 is 0. The van der Waals surface area contributed by atoms with Gasteiger partial charge in [-0.1, -0.05) is 12.2 Å². The molecule has 0 aliphatic heterocycles. The van der Waals surface area contributed by atoms with Crippen LogP contribution in [0.15, 0.2) is 12.2 Å². The second-order valence-corrected chi connectivity index (χ2v) is 5.39. The zero-order valence-electron chi connectivity index (χ0n) is 7.62. The van der Waals surface area contributed by atoms with Crippen molar-refractivity contribution in [3.8, 4) is 0 Å². The van der Waals surface area contributed by atoms with Crippen LogP contribution in [0.4, 0.5) is 0 Å². The van der Waals surface area contributed by atoms with Gasteiger partial charge in [-0.25, -0.2) is 0 Å². The molecular weight excluding hydrogens is 184 g/mol. The SMILES string of the molecule is O[C@H]1CC[C@@]23C=CC[C@@H]2C[C@@H](Cl)[C@@H]13. The minimum Gasteiger partial charge on any atom is -0.393 e. The Morgan fingerprint density at radius 1 is 1.46 bits per heavy atom. The number of aliphatic hydroxyl groups excluding tert-OH is 1. The summed E-state index contributed by atoms with van der Waals surface area (Å²) in [6.07, 6.45) is 8.90. The number of rotatable bonds is 0. The van der Waals surface area contributed by atoms with Crippen molar-refractivity contribution in [2.24, 2.45) is 17.3 Å². The molecule has 0 aromatic rings. The van der Waals surface area contributed by atoms with Crippen LogP contribution in [0.25, 0.3) is 0 Å². The van der Waals surface area contributed by atoms with E-state index in [1.807, 2.05) is 0 Å². The maximum absolute atomic E-state index is 9.89. The molecule has 0 radical (unpaired) electrons. The lowest BCUT2D eigenvalue weighted by Crippen LogP contribution is -2.29. The molecular formula is C11H15ClO. The molecule has 1 spiro atoms. The number of hydrogen-bond acceptors (Lipinski definition) is 1. The molecule has 0 saturated heterocycles. The molecule has 0 unspecified atom stereocenters. The normalized spacial score (nSPS) is 58.3. The van der Waals surface area contributed by atoms with E-state index in [2.05, 4.69) is 12.2 Å². The van der Waals surface area contributed by atoms with Gasteiger partial charge < -0.3 is 5.11 Å². The maximum atomic E-state index is 9.89. The highest BCUT2D eigenvalue weighted by atomic mass is 35.5.